The van der Waals surface area contributed by atoms with Gasteiger partial charge in [-0.3, -0.25) is 0 Å². The van der Waals surface area contributed by atoms with Crippen LogP contribution in [0.15, 0.2) is 6.07 Å². The van der Waals surface area contributed by atoms with Gasteiger partial charge in [0.2, 0.25) is 5.88 Å². The minimum atomic E-state index is -1.01. The topological polar surface area (TPSA) is 72.3 Å². The maximum Gasteiger partial charge on any atom is 0.341 e. The highest BCUT2D eigenvalue weighted by molar-refractivity contribution is 5.68. The number of carbonyl (C=O) groups is 1. The molecule has 0 atom stereocenters. The first-order chi connectivity index (χ1) is 7.52. The first-order valence-corrected chi connectivity index (χ1v) is 5.25. The van der Waals surface area contributed by atoms with E-state index in [1.54, 1.807) is 6.07 Å². The van der Waals surface area contributed by atoms with Gasteiger partial charge in [-0.15, -0.1) is 0 Å². The summed E-state index contributed by atoms with van der Waals surface area (Å²) in [5.41, 5.74) is 0.868. The lowest BCUT2D eigenvalue weighted by Crippen LogP contribution is -2.12. The van der Waals surface area contributed by atoms with Crippen molar-refractivity contribution in [3.8, 4) is 5.88 Å². The fourth-order valence-corrected chi connectivity index (χ4v) is 1.16. The lowest BCUT2D eigenvalue weighted by molar-refractivity contribution is -0.139. The zero-order valence-electron chi connectivity index (χ0n) is 9.73. The molecule has 1 N–H and O–H groups in total. The molecule has 0 aliphatic carbocycles. The number of ether oxygens (including phenoxy) is 1. The normalized spacial score (nSPS) is 10.5. The van der Waals surface area contributed by atoms with Crippen molar-refractivity contribution in [2.24, 2.45) is 0 Å². The maximum absolute atomic E-state index is 10.4. The average Bonchev–Trinajstić information content (AvgIpc) is 2.25. The molecular weight excluding hydrogens is 208 g/mol. The summed E-state index contributed by atoms with van der Waals surface area (Å²) in [4.78, 5) is 18.8. The Kier molecular flexibility index (Phi) is 4.22. The van der Waals surface area contributed by atoms with Gasteiger partial charge in [0, 0.05) is 12.5 Å². The van der Waals surface area contributed by atoms with Crippen molar-refractivity contribution in [3.63, 3.8) is 0 Å². The quantitative estimate of drug-likeness (QED) is 0.822. The Labute approximate surface area is 94.5 Å². The lowest BCUT2D eigenvalue weighted by Gasteiger charge is -2.09. The van der Waals surface area contributed by atoms with Gasteiger partial charge < -0.3 is 9.84 Å². The third-order valence-corrected chi connectivity index (χ3v) is 2.02. The number of hydrogen-bond donors (Lipinski definition) is 1. The van der Waals surface area contributed by atoms with Crippen LogP contribution in [0.3, 0.4) is 0 Å². The van der Waals surface area contributed by atoms with E-state index in [0.717, 1.165) is 5.69 Å². The molecule has 0 spiro atoms. The van der Waals surface area contributed by atoms with E-state index in [1.807, 2.05) is 20.8 Å². The minimum absolute atomic E-state index is 0.264. The fourth-order valence-electron chi connectivity index (χ4n) is 1.16. The van der Waals surface area contributed by atoms with Gasteiger partial charge in [-0.25, -0.2) is 9.78 Å². The van der Waals surface area contributed by atoms with Crippen LogP contribution >= 0.6 is 0 Å². The highest BCUT2D eigenvalue weighted by Crippen LogP contribution is 2.17. The summed E-state index contributed by atoms with van der Waals surface area (Å²) >= 11 is 0. The molecule has 0 radical (unpaired) electrons. The predicted octanol–water partition coefficient (Wildman–Crippen LogP) is 1.63. The Balaban J connectivity index is 2.90. The fraction of sp³-hybridized carbons (Fsp3) is 0.545. The van der Waals surface area contributed by atoms with Gasteiger partial charge in [0.25, 0.3) is 0 Å². The zero-order valence-corrected chi connectivity index (χ0v) is 9.73. The molecule has 1 aromatic heterocycles. The molecule has 0 saturated heterocycles. The van der Waals surface area contributed by atoms with Gasteiger partial charge in [-0.2, -0.15) is 4.98 Å². The summed E-state index contributed by atoms with van der Waals surface area (Å²) in [7, 11) is 0. The van der Waals surface area contributed by atoms with E-state index in [0.29, 0.717) is 18.1 Å². The summed E-state index contributed by atoms with van der Waals surface area (Å²) in [6.07, 6.45) is 0.698. The van der Waals surface area contributed by atoms with Crippen molar-refractivity contribution in [2.45, 2.75) is 33.1 Å². The van der Waals surface area contributed by atoms with Crippen LogP contribution in [0.25, 0.3) is 0 Å². The Morgan fingerprint density at radius 1 is 1.50 bits per heavy atom. The van der Waals surface area contributed by atoms with Crippen molar-refractivity contribution < 1.29 is 14.6 Å². The second-order valence-electron chi connectivity index (χ2n) is 3.74. The molecule has 0 aliphatic heterocycles. The maximum atomic E-state index is 10.4. The first kappa shape index (κ1) is 12.4. The molecule has 0 bridgehead atoms. The Bertz CT molecular complexity index is 377. The summed E-state index contributed by atoms with van der Waals surface area (Å²) in [6.45, 7) is 5.60. The Morgan fingerprint density at radius 3 is 2.69 bits per heavy atom. The van der Waals surface area contributed by atoms with Crippen molar-refractivity contribution in [1.29, 1.82) is 0 Å². The highest BCUT2D eigenvalue weighted by atomic mass is 16.5. The summed E-state index contributed by atoms with van der Waals surface area (Å²) in [6, 6.07) is 1.69. The van der Waals surface area contributed by atoms with Crippen LogP contribution in [0, 0.1) is 0 Å². The number of hydrogen-bond acceptors (Lipinski definition) is 4. The number of rotatable bonds is 5. The molecule has 16 heavy (non-hydrogen) atoms. The van der Waals surface area contributed by atoms with E-state index in [1.165, 1.54) is 0 Å². The standard InChI is InChI=1S/C11H16N2O3/c1-4-9-12-8(7(2)3)5-10(13-9)16-6-11(14)15/h5,7H,4,6H2,1-3H3,(H,14,15). The Hall–Kier alpha value is -1.65. The van der Waals surface area contributed by atoms with Gasteiger partial charge in [0.1, 0.15) is 5.82 Å². The number of carboxylic acids is 1. The van der Waals surface area contributed by atoms with Gasteiger partial charge in [0.05, 0.1) is 5.69 Å². The van der Waals surface area contributed by atoms with Crippen LogP contribution in [0.1, 0.15) is 38.2 Å². The summed E-state index contributed by atoms with van der Waals surface area (Å²) < 4.78 is 5.05. The van der Waals surface area contributed by atoms with Crippen LogP contribution < -0.4 is 4.74 Å². The van der Waals surface area contributed by atoms with Gasteiger partial charge in [-0.05, 0) is 5.92 Å². The number of nitrogens with zero attached hydrogens (tertiary/aromatic N) is 2. The van der Waals surface area contributed by atoms with Crippen LogP contribution in [-0.4, -0.2) is 27.7 Å². The molecule has 0 aromatic carbocycles. The summed E-state index contributed by atoms with van der Waals surface area (Å²) in [5.74, 6) is 0.257. The third kappa shape index (κ3) is 3.49. The van der Waals surface area contributed by atoms with Crippen LogP contribution in [-0.2, 0) is 11.2 Å². The first-order valence-electron chi connectivity index (χ1n) is 5.25. The molecular formula is C11H16N2O3. The Morgan fingerprint density at radius 2 is 2.19 bits per heavy atom. The number of aryl methyl sites for hydroxylation is 1. The smallest absolute Gasteiger partial charge is 0.341 e. The van der Waals surface area contributed by atoms with E-state index < -0.39 is 5.97 Å². The van der Waals surface area contributed by atoms with E-state index in [-0.39, 0.29) is 12.5 Å². The molecule has 0 amide bonds. The number of aliphatic carboxylic acids is 1. The minimum Gasteiger partial charge on any atom is -0.479 e. The van der Waals surface area contributed by atoms with Gasteiger partial charge in [0.15, 0.2) is 6.61 Å². The van der Waals surface area contributed by atoms with Crippen LogP contribution in [0.4, 0.5) is 0 Å². The molecule has 0 fully saturated rings. The van der Waals surface area contributed by atoms with E-state index in [2.05, 4.69) is 9.97 Å². The SMILES string of the molecule is CCc1nc(OCC(=O)O)cc(C(C)C)n1. The van der Waals surface area contributed by atoms with Crippen molar-refractivity contribution in [3.05, 3.63) is 17.6 Å². The largest absolute Gasteiger partial charge is 0.479 e. The lowest BCUT2D eigenvalue weighted by atomic mass is 10.1. The highest BCUT2D eigenvalue weighted by Gasteiger charge is 2.08. The molecule has 0 saturated carbocycles. The van der Waals surface area contributed by atoms with E-state index >= 15 is 0 Å². The van der Waals surface area contributed by atoms with E-state index in [9.17, 15) is 4.79 Å². The van der Waals surface area contributed by atoms with Crippen molar-refractivity contribution in [1.82, 2.24) is 9.97 Å². The number of carboxylic acid groups (broad SMARTS) is 1. The molecule has 88 valence electrons. The van der Waals surface area contributed by atoms with Crippen LogP contribution in [0.2, 0.25) is 0 Å². The predicted molar refractivity (Wildman–Crippen MR) is 58.6 cm³/mol. The summed E-state index contributed by atoms with van der Waals surface area (Å²) in [5, 5.41) is 8.51. The number of aromatic nitrogens is 2. The van der Waals surface area contributed by atoms with Crippen molar-refractivity contribution >= 4 is 5.97 Å². The molecule has 1 heterocycles. The molecule has 5 heteroatoms. The van der Waals surface area contributed by atoms with Crippen LogP contribution in [0.5, 0.6) is 5.88 Å². The zero-order chi connectivity index (χ0) is 12.1. The molecule has 1 rings (SSSR count). The van der Waals surface area contributed by atoms with Gasteiger partial charge in [-0.1, -0.05) is 20.8 Å². The molecule has 0 unspecified atom stereocenters. The van der Waals surface area contributed by atoms with Gasteiger partial charge >= 0.3 is 5.97 Å². The third-order valence-electron chi connectivity index (χ3n) is 2.02. The second-order valence-corrected chi connectivity index (χ2v) is 3.74. The monoisotopic (exact) mass is 224 g/mol. The molecule has 0 aliphatic rings. The second kappa shape index (κ2) is 5.44. The van der Waals surface area contributed by atoms with E-state index in [4.69, 9.17) is 9.84 Å². The average molecular weight is 224 g/mol. The molecule has 5 nitrogen and oxygen atoms in total. The molecule has 1 aromatic rings. The van der Waals surface area contributed by atoms with Crippen molar-refractivity contribution in [2.75, 3.05) is 6.61 Å².